The van der Waals surface area contributed by atoms with Gasteiger partial charge in [0.15, 0.2) is 11.6 Å². The van der Waals surface area contributed by atoms with E-state index in [2.05, 4.69) is 31.8 Å². The molecule has 1 aliphatic heterocycles. The van der Waals surface area contributed by atoms with Gasteiger partial charge in [-0.25, -0.2) is 9.98 Å². The average molecular weight is 380 g/mol. The van der Waals surface area contributed by atoms with E-state index in [1.54, 1.807) is 13.3 Å². The van der Waals surface area contributed by atoms with E-state index < -0.39 is 0 Å². The Hall–Kier alpha value is -3.29. The molecule has 3 N–H and O–H groups in total. The summed E-state index contributed by atoms with van der Waals surface area (Å²) in [4.78, 5) is 15.2. The third-order valence-electron chi connectivity index (χ3n) is 5.11. The highest BCUT2D eigenvalue weighted by Crippen LogP contribution is 2.41. The van der Waals surface area contributed by atoms with E-state index in [1.165, 1.54) is 24.8 Å². The van der Waals surface area contributed by atoms with Gasteiger partial charge in [0.1, 0.15) is 18.0 Å². The summed E-state index contributed by atoms with van der Waals surface area (Å²) in [5, 5.41) is 3.21. The van der Waals surface area contributed by atoms with Gasteiger partial charge in [0.25, 0.3) is 0 Å². The van der Waals surface area contributed by atoms with Crippen LogP contribution in [0.1, 0.15) is 12.8 Å². The minimum absolute atomic E-state index is 0.135. The van der Waals surface area contributed by atoms with Crippen molar-refractivity contribution in [3.05, 3.63) is 36.5 Å². The molecule has 1 saturated carbocycles. The van der Waals surface area contributed by atoms with Crippen LogP contribution in [0.25, 0.3) is 0 Å². The van der Waals surface area contributed by atoms with Crippen LogP contribution in [-0.2, 0) is 0 Å². The second-order valence-electron chi connectivity index (χ2n) is 6.96. The number of hydrogen-bond donors (Lipinski definition) is 2. The van der Waals surface area contributed by atoms with Gasteiger partial charge in [-0.3, -0.25) is 0 Å². The number of ether oxygens (including phenoxy) is 2. The minimum Gasteiger partial charge on any atom is -0.494 e. The number of aliphatic imine (C=N–C) groups is 1. The topological polar surface area (TPSA) is 97.9 Å². The Balaban J connectivity index is 1.57. The summed E-state index contributed by atoms with van der Waals surface area (Å²) >= 11 is 0. The molecule has 0 saturated heterocycles. The smallest absolute Gasteiger partial charge is 0.229 e. The van der Waals surface area contributed by atoms with Crippen LogP contribution in [0.15, 0.2) is 41.5 Å². The van der Waals surface area contributed by atoms with Crippen molar-refractivity contribution in [3.63, 3.8) is 0 Å². The monoisotopic (exact) mass is 380 g/mol. The number of nitrogens with one attached hydrogen (secondary N) is 1. The summed E-state index contributed by atoms with van der Waals surface area (Å²) in [6.45, 7) is 4.86. The highest BCUT2D eigenvalue weighted by molar-refractivity contribution is 5.69. The quantitative estimate of drug-likeness (QED) is 0.451. The average Bonchev–Trinajstić information content (AvgIpc) is 3.55. The van der Waals surface area contributed by atoms with Crippen molar-refractivity contribution in [2.24, 2.45) is 16.6 Å². The van der Waals surface area contributed by atoms with E-state index in [1.807, 2.05) is 25.2 Å². The van der Waals surface area contributed by atoms with E-state index in [0.717, 1.165) is 11.5 Å². The van der Waals surface area contributed by atoms with Gasteiger partial charge in [0.05, 0.1) is 25.7 Å². The fourth-order valence-electron chi connectivity index (χ4n) is 3.36. The van der Waals surface area contributed by atoms with E-state index in [0.29, 0.717) is 35.7 Å². The second-order valence-corrected chi connectivity index (χ2v) is 6.96. The minimum atomic E-state index is 0.135. The molecule has 28 heavy (non-hydrogen) atoms. The lowest BCUT2D eigenvalue weighted by atomic mass is 10.0. The first-order chi connectivity index (χ1) is 13.6. The summed E-state index contributed by atoms with van der Waals surface area (Å²) < 4.78 is 11.3. The lowest BCUT2D eigenvalue weighted by Crippen LogP contribution is -2.42. The van der Waals surface area contributed by atoms with Gasteiger partial charge in [-0.2, -0.15) is 4.98 Å². The van der Waals surface area contributed by atoms with Crippen LogP contribution in [0.2, 0.25) is 0 Å². The molecular formula is C20H24N6O2. The molecule has 146 valence electrons. The van der Waals surface area contributed by atoms with E-state index in [-0.39, 0.29) is 6.04 Å². The van der Waals surface area contributed by atoms with Gasteiger partial charge in [-0.15, -0.1) is 0 Å². The number of rotatable bonds is 6. The number of benzene rings is 1. The normalized spacial score (nSPS) is 18.5. The summed E-state index contributed by atoms with van der Waals surface area (Å²) in [6, 6.07) is 5.64. The van der Waals surface area contributed by atoms with Gasteiger partial charge in [-0.1, -0.05) is 6.58 Å². The Bertz CT molecular complexity index is 925. The summed E-state index contributed by atoms with van der Waals surface area (Å²) in [5.74, 6) is 3.12. The van der Waals surface area contributed by atoms with Crippen LogP contribution in [0, 0.1) is 5.92 Å². The molecule has 8 heteroatoms. The summed E-state index contributed by atoms with van der Waals surface area (Å²) in [5.41, 5.74) is 8.03. The number of anilines is 3. The van der Waals surface area contributed by atoms with Crippen LogP contribution in [0.5, 0.6) is 11.5 Å². The van der Waals surface area contributed by atoms with E-state index >= 15 is 0 Å². The van der Waals surface area contributed by atoms with Gasteiger partial charge in [0, 0.05) is 18.8 Å². The first-order valence-corrected chi connectivity index (χ1v) is 9.21. The molecule has 1 unspecified atom stereocenters. The first kappa shape index (κ1) is 18.1. The molecule has 8 nitrogen and oxygen atoms in total. The van der Waals surface area contributed by atoms with Crippen LogP contribution < -0.4 is 25.4 Å². The Morgan fingerprint density at radius 1 is 1.46 bits per heavy atom. The van der Waals surface area contributed by atoms with Crippen molar-refractivity contribution in [2.75, 3.05) is 31.0 Å². The zero-order chi connectivity index (χ0) is 19.7. The maximum Gasteiger partial charge on any atom is 0.229 e. The van der Waals surface area contributed by atoms with Crippen LogP contribution in [0.4, 0.5) is 23.1 Å². The van der Waals surface area contributed by atoms with Gasteiger partial charge in [-0.05, 0) is 36.5 Å². The molecule has 0 radical (unpaired) electrons. The molecule has 0 amide bonds. The molecule has 1 atom stereocenters. The second kappa shape index (κ2) is 7.38. The Labute approximate surface area is 164 Å². The highest BCUT2D eigenvalue weighted by Gasteiger charge is 2.35. The Morgan fingerprint density at radius 3 is 3.00 bits per heavy atom. The Morgan fingerprint density at radius 2 is 2.29 bits per heavy atom. The number of nitrogens with zero attached hydrogens (tertiary/aromatic N) is 4. The molecule has 2 aliphatic rings. The van der Waals surface area contributed by atoms with Crippen LogP contribution in [-0.4, -0.2) is 43.1 Å². The van der Waals surface area contributed by atoms with Crippen molar-refractivity contribution < 1.29 is 9.47 Å². The fourth-order valence-corrected chi connectivity index (χ4v) is 3.36. The molecule has 2 heterocycles. The van der Waals surface area contributed by atoms with Crippen molar-refractivity contribution >= 4 is 29.5 Å². The van der Waals surface area contributed by atoms with Crippen molar-refractivity contribution in [1.82, 2.24) is 9.97 Å². The van der Waals surface area contributed by atoms with Crippen molar-refractivity contribution in [2.45, 2.75) is 18.9 Å². The van der Waals surface area contributed by atoms with Crippen molar-refractivity contribution in [1.29, 1.82) is 0 Å². The number of aromatic nitrogens is 2. The standard InChI is InChI=1S/C20H24N6O2/c1-12(13-4-5-13)16-10-28-18-9-22-20(25-19(18)26(16)2)24-14-6-7-15(23-11-21)17(8-14)27-3/h6-9,11,13,16H,1,4-5,10H2,2-3H3,(H2,21,23)(H,22,24,25). The van der Waals surface area contributed by atoms with Gasteiger partial charge in [0.2, 0.25) is 5.95 Å². The SMILES string of the molecule is C=C(C1CC1)C1COc2cnc(Nc3ccc(N=CN)c(OC)c3)nc2N1C. The highest BCUT2D eigenvalue weighted by atomic mass is 16.5. The first-order valence-electron chi connectivity index (χ1n) is 9.21. The third-order valence-corrected chi connectivity index (χ3v) is 5.11. The molecule has 2 aromatic rings. The predicted octanol–water partition coefficient (Wildman–Crippen LogP) is 3.01. The third kappa shape index (κ3) is 3.45. The number of likely N-dealkylation sites (N-methyl/N-ethyl adjacent to an activating group) is 1. The number of nitrogens with two attached hydrogens (primary N) is 1. The zero-order valence-electron chi connectivity index (χ0n) is 16.1. The maximum absolute atomic E-state index is 5.89. The molecule has 1 aliphatic carbocycles. The fraction of sp³-hybridized carbons (Fsp3) is 0.350. The van der Waals surface area contributed by atoms with E-state index in [9.17, 15) is 0 Å². The molecular weight excluding hydrogens is 356 g/mol. The Kier molecular flexibility index (Phi) is 4.77. The van der Waals surface area contributed by atoms with Crippen LogP contribution in [0.3, 0.4) is 0 Å². The van der Waals surface area contributed by atoms with Crippen LogP contribution >= 0.6 is 0 Å². The largest absolute Gasteiger partial charge is 0.494 e. The molecule has 4 rings (SSSR count). The predicted molar refractivity (Wildman–Crippen MR) is 110 cm³/mol. The molecule has 1 aromatic heterocycles. The maximum atomic E-state index is 5.89. The van der Waals surface area contributed by atoms with E-state index in [4.69, 9.17) is 15.2 Å². The van der Waals surface area contributed by atoms with Gasteiger partial charge >= 0.3 is 0 Å². The summed E-state index contributed by atoms with van der Waals surface area (Å²) in [7, 11) is 3.61. The number of hydrogen-bond acceptors (Lipinski definition) is 7. The summed E-state index contributed by atoms with van der Waals surface area (Å²) in [6.07, 6.45) is 5.37. The number of methoxy groups -OCH3 is 1. The van der Waals surface area contributed by atoms with Gasteiger partial charge < -0.3 is 25.4 Å². The molecule has 0 spiro atoms. The van der Waals surface area contributed by atoms with Crippen molar-refractivity contribution in [3.8, 4) is 11.5 Å². The lowest BCUT2D eigenvalue weighted by molar-refractivity contribution is 0.275. The zero-order valence-corrected chi connectivity index (χ0v) is 16.1. The molecule has 0 bridgehead atoms. The molecule has 1 fully saturated rings. The molecule has 1 aromatic carbocycles. The number of fused-ring (bicyclic) bond motifs is 1. The lowest BCUT2D eigenvalue weighted by Gasteiger charge is -2.36.